The molecule has 2 aromatic rings. The molecule has 0 saturated heterocycles. The summed E-state index contributed by atoms with van der Waals surface area (Å²) >= 11 is 7.01. The number of nitrogens with zero attached hydrogens (tertiary/aromatic N) is 1. The molecule has 2 rings (SSSR count). The lowest BCUT2D eigenvalue weighted by Crippen LogP contribution is -2.06. The first-order chi connectivity index (χ1) is 9.77. The first kappa shape index (κ1) is 16.1. The number of ether oxygens (including phenoxy) is 1. The molecule has 0 aliphatic heterocycles. The van der Waals surface area contributed by atoms with Crippen LogP contribution in [0, 0.1) is 0 Å². The predicted octanol–water partition coefficient (Wildman–Crippen LogP) is 5.52. The zero-order valence-corrected chi connectivity index (χ0v) is 12.9. The van der Waals surface area contributed by atoms with Gasteiger partial charge in [-0.1, -0.05) is 31.5 Å². The first-order valence-corrected chi connectivity index (χ1v) is 7.47. The minimum atomic E-state index is -4.43. The molecular formula is C14H13ClF3NOS. The number of thiazole rings is 1. The standard InChI is InChI=1S/C14H13ClF3NOS/c1-8(2)9-3-4-11(10(15)5-9)20-6-13-19-12(7-21-13)14(16,17)18/h3-5,7-8H,6H2,1-2H3. The van der Waals surface area contributed by atoms with E-state index < -0.39 is 11.9 Å². The van der Waals surface area contributed by atoms with Gasteiger partial charge in [-0.05, 0) is 23.6 Å². The normalized spacial score (nSPS) is 12.0. The van der Waals surface area contributed by atoms with Gasteiger partial charge >= 0.3 is 6.18 Å². The van der Waals surface area contributed by atoms with Gasteiger partial charge in [0.15, 0.2) is 5.69 Å². The molecular weight excluding hydrogens is 323 g/mol. The van der Waals surface area contributed by atoms with Crippen LogP contribution in [0.1, 0.15) is 36.0 Å². The van der Waals surface area contributed by atoms with Crippen LogP contribution in [-0.2, 0) is 12.8 Å². The zero-order chi connectivity index (χ0) is 15.6. The third-order valence-electron chi connectivity index (χ3n) is 2.82. The SMILES string of the molecule is CC(C)c1ccc(OCc2nc(C(F)(F)F)cs2)c(Cl)c1. The van der Waals surface area contributed by atoms with Crippen molar-refractivity contribution in [1.82, 2.24) is 4.98 Å². The van der Waals surface area contributed by atoms with Gasteiger partial charge in [0, 0.05) is 5.38 Å². The monoisotopic (exact) mass is 335 g/mol. The number of aromatic nitrogens is 1. The van der Waals surface area contributed by atoms with E-state index in [1.165, 1.54) is 0 Å². The summed E-state index contributed by atoms with van der Waals surface area (Å²) in [5.74, 6) is 0.773. The van der Waals surface area contributed by atoms with Gasteiger partial charge in [-0.25, -0.2) is 4.98 Å². The topological polar surface area (TPSA) is 22.1 Å². The molecule has 0 spiro atoms. The summed E-state index contributed by atoms with van der Waals surface area (Å²) < 4.78 is 42.7. The van der Waals surface area contributed by atoms with Gasteiger partial charge in [-0.3, -0.25) is 0 Å². The molecule has 0 fully saturated rings. The largest absolute Gasteiger partial charge is 0.485 e. The molecule has 0 radical (unpaired) electrons. The predicted molar refractivity (Wildman–Crippen MR) is 77.0 cm³/mol. The molecule has 0 amide bonds. The van der Waals surface area contributed by atoms with Crippen molar-refractivity contribution in [3.05, 3.63) is 44.9 Å². The molecule has 1 aromatic heterocycles. The fourth-order valence-corrected chi connectivity index (χ4v) is 2.60. The highest BCUT2D eigenvalue weighted by molar-refractivity contribution is 7.09. The molecule has 0 aliphatic carbocycles. The number of benzene rings is 1. The number of hydrogen-bond donors (Lipinski definition) is 0. The third kappa shape index (κ3) is 4.11. The fraction of sp³-hybridized carbons (Fsp3) is 0.357. The Labute approximate surface area is 129 Å². The van der Waals surface area contributed by atoms with E-state index in [2.05, 4.69) is 4.98 Å². The van der Waals surface area contributed by atoms with Crippen LogP contribution >= 0.6 is 22.9 Å². The van der Waals surface area contributed by atoms with Crippen LogP contribution in [0.4, 0.5) is 13.2 Å². The van der Waals surface area contributed by atoms with E-state index in [1.807, 2.05) is 19.9 Å². The lowest BCUT2D eigenvalue weighted by molar-refractivity contribution is -0.140. The summed E-state index contributed by atoms with van der Waals surface area (Å²) in [4.78, 5) is 3.50. The summed E-state index contributed by atoms with van der Waals surface area (Å²) in [6.45, 7) is 4.04. The van der Waals surface area contributed by atoms with E-state index >= 15 is 0 Å². The van der Waals surface area contributed by atoms with E-state index in [0.717, 1.165) is 22.3 Å². The molecule has 0 aliphatic rings. The molecule has 21 heavy (non-hydrogen) atoms. The van der Waals surface area contributed by atoms with E-state index in [9.17, 15) is 13.2 Å². The second kappa shape index (κ2) is 6.23. The van der Waals surface area contributed by atoms with Crippen LogP contribution in [0.3, 0.4) is 0 Å². The lowest BCUT2D eigenvalue weighted by Gasteiger charge is -2.10. The van der Waals surface area contributed by atoms with Crippen LogP contribution in [0.15, 0.2) is 23.6 Å². The Morgan fingerprint density at radius 2 is 2.05 bits per heavy atom. The Bertz CT molecular complexity index is 625. The Morgan fingerprint density at radius 1 is 1.33 bits per heavy atom. The lowest BCUT2D eigenvalue weighted by atomic mass is 10.0. The van der Waals surface area contributed by atoms with Gasteiger partial charge in [-0.15, -0.1) is 11.3 Å². The number of alkyl halides is 3. The molecule has 0 N–H and O–H groups in total. The average Bonchev–Trinajstić information content (AvgIpc) is 2.85. The summed E-state index contributed by atoms with van der Waals surface area (Å²) in [6, 6.07) is 5.40. The average molecular weight is 336 g/mol. The quantitative estimate of drug-likeness (QED) is 0.734. The van der Waals surface area contributed by atoms with Crippen molar-refractivity contribution in [2.24, 2.45) is 0 Å². The van der Waals surface area contributed by atoms with Crippen molar-refractivity contribution in [3.8, 4) is 5.75 Å². The van der Waals surface area contributed by atoms with E-state index in [4.69, 9.17) is 16.3 Å². The summed E-state index contributed by atoms with van der Waals surface area (Å²) in [6.07, 6.45) is -4.43. The van der Waals surface area contributed by atoms with E-state index in [1.54, 1.807) is 12.1 Å². The van der Waals surface area contributed by atoms with Crippen molar-refractivity contribution >= 4 is 22.9 Å². The second-order valence-corrected chi connectivity index (χ2v) is 6.11. The second-order valence-electron chi connectivity index (χ2n) is 4.76. The maximum Gasteiger partial charge on any atom is 0.434 e. The molecule has 7 heteroatoms. The Morgan fingerprint density at radius 3 is 2.57 bits per heavy atom. The molecule has 2 nitrogen and oxygen atoms in total. The minimum Gasteiger partial charge on any atom is -0.485 e. The number of halogens is 4. The molecule has 1 heterocycles. The van der Waals surface area contributed by atoms with Crippen molar-refractivity contribution in [2.75, 3.05) is 0 Å². The van der Waals surface area contributed by atoms with Crippen molar-refractivity contribution in [2.45, 2.75) is 32.5 Å². The maximum absolute atomic E-state index is 12.4. The Kier molecular flexibility index (Phi) is 4.78. The maximum atomic E-state index is 12.4. The van der Waals surface area contributed by atoms with Crippen molar-refractivity contribution < 1.29 is 17.9 Å². The van der Waals surface area contributed by atoms with Gasteiger partial charge in [0.1, 0.15) is 17.4 Å². The van der Waals surface area contributed by atoms with Gasteiger partial charge in [0.05, 0.1) is 5.02 Å². The highest BCUT2D eigenvalue weighted by Crippen LogP contribution is 2.32. The number of rotatable bonds is 4. The van der Waals surface area contributed by atoms with Gasteiger partial charge < -0.3 is 4.74 Å². The van der Waals surface area contributed by atoms with Gasteiger partial charge in [-0.2, -0.15) is 13.2 Å². The summed E-state index contributed by atoms with van der Waals surface area (Å²) in [7, 11) is 0. The highest BCUT2D eigenvalue weighted by Gasteiger charge is 2.33. The molecule has 0 saturated carbocycles. The van der Waals surface area contributed by atoms with Gasteiger partial charge in [0.25, 0.3) is 0 Å². The Hall–Kier alpha value is -1.27. The van der Waals surface area contributed by atoms with Crippen LogP contribution in [-0.4, -0.2) is 4.98 Å². The first-order valence-electron chi connectivity index (χ1n) is 6.21. The fourth-order valence-electron chi connectivity index (χ4n) is 1.64. The van der Waals surface area contributed by atoms with E-state index in [0.29, 0.717) is 16.7 Å². The van der Waals surface area contributed by atoms with Crippen LogP contribution < -0.4 is 4.74 Å². The summed E-state index contributed by atoms with van der Waals surface area (Å²) in [5.41, 5.74) is 0.174. The molecule has 0 bridgehead atoms. The van der Waals surface area contributed by atoms with Crippen molar-refractivity contribution in [1.29, 1.82) is 0 Å². The van der Waals surface area contributed by atoms with Crippen LogP contribution in [0.2, 0.25) is 5.02 Å². The summed E-state index contributed by atoms with van der Waals surface area (Å²) in [5, 5.41) is 1.67. The molecule has 0 atom stereocenters. The molecule has 1 aromatic carbocycles. The zero-order valence-electron chi connectivity index (χ0n) is 11.4. The van der Waals surface area contributed by atoms with Gasteiger partial charge in [0.2, 0.25) is 0 Å². The minimum absolute atomic E-state index is 0.0402. The molecule has 114 valence electrons. The molecule has 0 unspecified atom stereocenters. The number of hydrogen-bond acceptors (Lipinski definition) is 3. The van der Waals surface area contributed by atoms with E-state index in [-0.39, 0.29) is 11.6 Å². The van der Waals surface area contributed by atoms with Crippen molar-refractivity contribution in [3.63, 3.8) is 0 Å². The third-order valence-corrected chi connectivity index (χ3v) is 3.93. The van der Waals surface area contributed by atoms with Crippen LogP contribution in [0.5, 0.6) is 5.75 Å². The highest BCUT2D eigenvalue weighted by atomic mass is 35.5. The Balaban J connectivity index is 2.05. The smallest absolute Gasteiger partial charge is 0.434 e. The van der Waals surface area contributed by atoms with Crippen LogP contribution in [0.25, 0.3) is 0 Å².